The molecular weight excluding hydrogens is 439 g/mol. The number of hydrogen-bond acceptors (Lipinski definition) is 4. The standard InChI is InChI=1S/C20H19ClF3N3O2S/c1-29-11-10-14-12-27(26-18(14)13-2-4-15(21)5-3-13)19(28)25-16-6-8-17(9-7-16)30-20(22,23)24/h2-9,14H,10-12H2,1H3,(H,25,28). The smallest absolute Gasteiger partial charge is 0.385 e. The van der Waals surface area contributed by atoms with Gasteiger partial charge in [-0.05, 0) is 60.1 Å². The molecule has 1 aliphatic rings. The second-order valence-electron chi connectivity index (χ2n) is 6.55. The molecule has 0 aromatic heterocycles. The first-order valence-electron chi connectivity index (χ1n) is 9.03. The van der Waals surface area contributed by atoms with Gasteiger partial charge in [0, 0.05) is 35.2 Å². The average Bonchev–Trinajstić information content (AvgIpc) is 3.11. The molecule has 0 saturated carbocycles. The molecule has 0 saturated heterocycles. The molecule has 0 radical (unpaired) electrons. The molecule has 0 spiro atoms. The van der Waals surface area contributed by atoms with E-state index in [-0.39, 0.29) is 22.6 Å². The van der Waals surface area contributed by atoms with Crippen molar-refractivity contribution in [3.63, 3.8) is 0 Å². The van der Waals surface area contributed by atoms with E-state index < -0.39 is 11.5 Å². The van der Waals surface area contributed by atoms with E-state index >= 15 is 0 Å². The normalized spacial score (nSPS) is 16.5. The van der Waals surface area contributed by atoms with Crippen molar-refractivity contribution in [3.8, 4) is 0 Å². The zero-order valence-electron chi connectivity index (χ0n) is 15.9. The summed E-state index contributed by atoms with van der Waals surface area (Å²) >= 11 is 5.75. The Morgan fingerprint density at radius 1 is 1.23 bits per heavy atom. The lowest BCUT2D eigenvalue weighted by atomic mass is 9.95. The third-order valence-electron chi connectivity index (χ3n) is 4.39. The van der Waals surface area contributed by atoms with Crippen LogP contribution in [0.1, 0.15) is 12.0 Å². The van der Waals surface area contributed by atoms with E-state index in [1.165, 1.54) is 29.3 Å². The molecule has 1 atom stereocenters. The Balaban J connectivity index is 1.71. The summed E-state index contributed by atoms with van der Waals surface area (Å²) in [7, 11) is 1.61. The van der Waals surface area contributed by atoms with Gasteiger partial charge in [0.05, 0.1) is 12.3 Å². The van der Waals surface area contributed by atoms with Gasteiger partial charge in [0.15, 0.2) is 0 Å². The number of hydrazone groups is 1. The number of nitrogens with zero attached hydrogens (tertiary/aromatic N) is 2. The molecular formula is C20H19ClF3N3O2S. The molecule has 3 rings (SSSR count). The van der Waals surface area contributed by atoms with Crippen LogP contribution in [0.3, 0.4) is 0 Å². The van der Waals surface area contributed by atoms with Crippen LogP contribution in [0.2, 0.25) is 5.02 Å². The highest BCUT2D eigenvalue weighted by atomic mass is 35.5. The van der Waals surface area contributed by atoms with E-state index in [0.29, 0.717) is 30.3 Å². The summed E-state index contributed by atoms with van der Waals surface area (Å²) in [4.78, 5) is 12.7. The summed E-state index contributed by atoms with van der Waals surface area (Å²) in [6.45, 7) is 0.889. The van der Waals surface area contributed by atoms with Gasteiger partial charge < -0.3 is 10.1 Å². The molecule has 0 bridgehead atoms. The average molecular weight is 458 g/mol. The number of nitrogens with one attached hydrogen (secondary N) is 1. The topological polar surface area (TPSA) is 53.9 Å². The summed E-state index contributed by atoms with van der Waals surface area (Å²) in [6.07, 6.45) is 0.686. The highest BCUT2D eigenvalue weighted by molar-refractivity contribution is 8.00. The molecule has 1 N–H and O–H groups in total. The fourth-order valence-corrected chi connectivity index (χ4v) is 3.67. The zero-order chi connectivity index (χ0) is 21.7. The van der Waals surface area contributed by atoms with Crippen molar-refractivity contribution in [1.82, 2.24) is 5.01 Å². The number of methoxy groups -OCH3 is 1. The number of anilines is 1. The minimum Gasteiger partial charge on any atom is -0.385 e. The van der Waals surface area contributed by atoms with E-state index in [2.05, 4.69) is 10.4 Å². The Bertz CT molecular complexity index is 905. The maximum absolute atomic E-state index is 12.6. The van der Waals surface area contributed by atoms with Crippen molar-refractivity contribution in [2.24, 2.45) is 11.0 Å². The predicted octanol–water partition coefficient (Wildman–Crippen LogP) is 5.86. The van der Waals surface area contributed by atoms with Crippen molar-refractivity contribution in [1.29, 1.82) is 0 Å². The highest BCUT2D eigenvalue weighted by Gasteiger charge is 2.31. The molecule has 2 aromatic rings. The van der Waals surface area contributed by atoms with Gasteiger partial charge in [-0.1, -0.05) is 23.7 Å². The number of ether oxygens (including phenoxy) is 1. The largest absolute Gasteiger partial charge is 0.446 e. The van der Waals surface area contributed by atoms with Crippen molar-refractivity contribution in [2.45, 2.75) is 16.8 Å². The molecule has 0 aliphatic carbocycles. The first-order valence-corrected chi connectivity index (χ1v) is 10.2. The second kappa shape index (κ2) is 9.72. The van der Waals surface area contributed by atoms with Crippen molar-refractivity contribution < 1.29 is 22.7 Å². The third kappa shape index (κ3) is 6.13. The number of thioether (sulfide) groups is 1. The van der Waals surface area contributed by atoms with Crippen LogP contribution in [0, 0.1) is 5.92 Å². The first kappa shape index (κ1) is 22.5. The maximum atomic E-state index is 12.6. The van der Waals surface area contributed by atoms with Gasteiger partial charge in [-0.25, -0.2) is 9.80 Å². The van der Waals surface area contributed by atoms with Gasteiger partial charge in [-0.2, -0.15) is 18.3 Å². The lowest BCUT2D eigenvalue weighted by molar-refractivity contribution is -0.0328. The van der Waals surface area contributed by atoms with Crippen molar-refractivity contribution in [3.05, 3.63) is 59.1 Å². The quantitative estimate of drug-likeness (QED) is 0.553. The molecule has 2 amide bonds. The van der Waals surface area contributed by atoms with Crippen molar-refractivity contribution >= 4 is 40.8 Å². The van der Waals surface area contributed by atoms with Crippen LogP contribution in [-0.2, 0) is 4.74 Å². The monoisotopic (exact) mass is 457 g/mol. The molecule has 0 fully saturated rings. The van der Waals surface area contributed by atoms with E-state index in [9.17, 15) is 18.0 Å². The van der Waals surface area contributed by atoms with Crippen molar-refractivity contribution in [2.75, 3.05) is 25.6 Å². The number of alkyl halides is 3. The van der Waals surface area contributed by atoms with Crippen LogP contribution in [-0.4, -0.2) is 42.5 Å². The highest BCUT2D eigenvalue weighted by Crippen LogP contribution is 2.37. The van der Waals surface area contributed by atoms with E-state index in [1.54, 1.807) is 19.2 Å². The number of urea groups is 1. The Kier molecular flexibility index (Phi) is 7.27. The van der Waals surface area contributed by atoms with Crippen LogP contribution in [0.25, 0.3) is 0 Å². The predicted molar refractivity (Wildman–Crippen MR) is 112 cm³/mol. The van der Waals surface area contributed by atoms with Gasteiger partial charge in [0.2, 0.25) is 0 Å². The summed E-state index contributed by atoms with van der Waals surface area (Å²) < 4.78 is 42.5. The lowest BCUT2D eigenvalue weighted by Gasteiger charge is -2.15. The fourth-order valence-electron chi connectivity index (χ4n) is 3.01. The van der Waals surface area contributed by atoms with Crippen LogP contribution in [0.4, 0.5) is 23.7 Å². The number of halogens is 4. The summed E-state index contributed by atoms with van der Waals surface area (Å²) in [6, 6.07) is 12.2. The van der Waals surface area contributed by atoms with Crippen LogP contribution in [0.15, 0.2) is 58.5 Å². The number of benzene rings is 2. The number of hydrogen-bond donors (Lipinski definition) is 1. The Morgan fingerprint density at radius 2 is 1.90 bits per heavy atom. The third-order valence-corrected chi connectivity index (χ3v) is 5.38. The van der Waals surface area contributed by atoms with Gasteiger partial charge in [0.25, 0.3) is 0 Å². The van der Waals surface area contributed by atoms with Gasteiger partial charge >= 0.3 is 11.5 Å². The molecule has 30 heavy (non-hydrogen) atoms. The number of carbonyl (C=O) groups is 1. The fraction of sp³-hybridized carbons (Fsp3) is 0.300. The molecule has 160 valence electrons. The SMILES string of the molecule is COCCC1CN(C(=O)Nc2ccc(SC(F)(F)F)cc2)N=C1c1ccc(Cl)cc1. The summed E-state index contributed by atoms with van der Waals surface area (Å²) in [5.74, 6) is -0.0116. The molecule has 5 nitrogen and oxygen atoms in total. The molecule has 1 heterocycles. The maximum Gasteiger partial charge on any atom is 0.446 e. The van der Waals surface area contributed by atoms with Gasteiger partial charge in [0.1, 0.15) is 0 Å². The summed E-state index contributed by atoms with van der Waals surface area (Å²) in [5.41, 5.74) is -2.35. The Labute approximate surface area is 181 Å². The molecule has 1 unspecified atom stereocenters. The van der Waals surface area contributed by atoms with Crippen LogP contribution < -0.4 is 5.32 Å². The Hall–Kier alpha value is -2.23. The zero-order valence-corrected chi connectivity index (χ0v) is 17.5. The first-order chi connectivity index (χ1) is 14.2. The van der Waals surface area contributed by atoms with Crippen LogP contribution in [0.5, 0.6) is 0 Å². The molecule has 1 aliphatic heterocycles. The minimum atomic E-state index is -4.36. The second-order valence-corrected chi connectivity index (χ2v) is 8.13. The minimum absolute atomic E-state index is 0.0116. The van der Waals surface area contributed by atoms with E-state index in [0.717, 1.165) is 11.3 Å². The lowest BCUT2D eigenvalue weighted by Crippen LogP contribution is -2.31. The molecule has 10 heteroatoms. The Morgan fingerprint density at radius 3 is 2.50 bits per heavy atom. The number of carbonyl (C=O) groups excluding carboxylic acids is 1. The molecule has 2 aromatic carbocycles. The van der Waals surface area contributed by atoms with Crippen LogP contribution >= 0.6 is 23.4 Å². The van der Waals surface area contributed by atoms with E-state index in [4.69, 9.17) is 16.3 Å². The number of rotatable bonds is 6. The van der Waals surface area contributed by atoms with Gasteiger partial charge in [-0.3, -0.25) is 0 Å². The summed E-state index contributed by atoms with van der Waals surface area (Å²) in [5, 5.41) is 9.07. The number of amides is 2. The van der Waals surface area contributed by atoms with E-state index in [1.807, 2.05) is 12.1 Å². The van der Waals surface area contributed by atoms with Gasteiger partial charge in [-0.15, -0.1) is 0 Å².